The van der Waals surface area contributed by atoms with Crippen LogP contribution in [0.5, 0.6) is 0 Å². The Labute approximate surface area is 83.2 Å². The van der Waals surface area contributed by atoms with Crippen molar-refractivity contribution in [3.63, 3.8) is 0 Å². The van der Waals surface area contributed by atoms with Crippen molar-refractivity contribution in [2.75, 3.05) is 18.1 Å². The molecule has 0 aliphatic rings. The minimum Gasteiger partial charge on any atom is -0.465 e. The predicted octanol–water partition coefficient (Wildman–Crippen LogP) is 1.65. The minimum absolute atomic E-state index is 0.205. The highest BCUT2D eigenvalue weighted by atomic mass is 32.2. The summed E-state index contributed by atoms with van der Waals surface area (Å²) in [6.45, 7) is 4.14. The Kier molecular flexibility index (Phi) is 7.79. The molecule has 0 heterocycles. The van der Waals surface area contributed by atoms with Gasteiger partial charge < -0.3 is 4.74 Å². The zero-order chi connectivity index (χ0) is 10.1. The van der Waals surface area contributed by atoms with Gasteiger partial charge in [0.15, 0.2) is 0 Å². The van der Waals surface area contributed by atoms with Crippen LogP contribution in [0.25, 0.3) is 0 Å². The van der Waals surface area contributed by atoms with Gasteiger partial charge in [-0.25, -0.2) is 0 Å². The van der Waals surface area contributed by atoms with Crippen molar-refractivity contribution in [2.45, 2.75) is 26.7 Å². The molecule has 3 nitrogen and oxygen atoms in total. The van der Waals surface area contributed by atoms with Gasteiger partial charge in [-0.1, -0.05) is 6.92 Å². The fourth-order valence-electron chi connectivity index (χ4n) is 0.802. The minimum atomic E-state index is -0.239. The molecule has 76 valence electrons. The molecule has 0 rings (SSSR count). The van der Waals surface area contributed by atoms with Crippen molar-refractivity contribution in [3.8, 4) is 0 Å². The van der Waals surface area contributed by atoms with Gasteiger partial charge in [-0.2, -0.15) is 0 Å². The molecule has 0 saturated heterocycles. The van der Waals surface area contributed by atoms with Gasteiger partial charge >= 0.3 is 5.97 Å². The van der Waals surface area contributed by atoms with Crippen LogP contribution in [0.2, 0.25) is 0 Å². The summed E-state index contributed by atoms with van der Waals surface area (Å²) in [4.78, 5) is 21.8. The lowest BCUT2D eigenvalue weighted by Gasteiger charge is -2.00. The summed E-state index contributed by atoms with van der Waals surface area (Å²) in [5.41, 5.74) is 0. The highest BCUT2D eigenvalue weighted by Crippen LogP contribution is 2.03. The Bertz CT molecular complexity index is 150. The number of ketones is 1. The van der Waals surface area contributed by atoms with Gasteiger partial charge in [0.05, 0.1) is 18.1 Å². The first-order valence-electron chi connectivity index (χ1n) is 4.45. The molecule has 13 heavy (non-hydrogen) atoms. The van der Waals surface area contributed by atoms with Gasteiger partial charge in [0.1, 0.15) is 5.78 Å². The van der Waals surface area contributed by atoms with Gasteiger partial charge in [0.25, 0.3) is 0 Å². The van der Waals surface area contributed by atoms with Gasteiger partial charge in [-0.15, -0.1) is 11.8 Å². The average Bonchev–Trinajstić information content (AvgIpc) is 2.05. The van der Waals surface area contributed by atoms with Crippen molar-refractivity contribution in [1.82, 2.24) is 0 Å². The zero-order valence-electron chi connectivity index (χ0n) is 8.17. The van der Waals surface area contributed by atoms with E-state index in [0.29, 0.717) is 18.8 Å². The summed E-state index contributed by atoms with van der Waals surface area (Å²) >= 11 is 1.33. The Balaban J connectivity index is 3.33. The number of rotatable bonds is 7. The maximum atomic E-state index is 11.0. The highest BCUT2D eigenvalue weighted by Gasteiger charge is 2.04. The molecule has 0 atom stereocenters. The molecular weight excluding hydrogens is 188 g/mol. The average molecular weight is 204 g/mol. The number of carbonyl (C=O) groups excluding carboxylic acids is 2. The van der Waals surface area contributed by atoms with E-state index in [9.17, 15) is 9.59 Å². The summed E-state index contributed by atoms with van der Waals surface area (Å²) in [6, 6.07) is 0. The van der Waals surface area contributed by atoms with E-state index < -0.39 is 0 Å². The number of thioether (sulfide) groups is 1. The number of ether oxygens (including phenoxy) is 1. The van der Waals surface area contributed by atoms with Crippen LogP contribution in [0, 0.1) is 0 Å². The SMILES string of the molecule is CCCC(=O)CSCC(=O)OCC. The van der Waals surface area contributed by atoms with Crippen molar-refractivity contribution in [1.29, 1.82) is 0 Å². The largest absolute Gasteiger partial charge is 0.465 e. The van der Waals surface area contributed by atoms with Crippen LogP contribution in [0.3, 0.4) is 0 Å². The molecule has 0 fully saturated rings. The van der Waals surface area contributed by atoms with Gasteiger partial charge in [0, 0.05) is 6.42 Å². The molecule has 0 amide bonds. The summed E-state index contributed by atoms with van der Waals surface area (Å²) in [5, 5.41) is 0. The van der Waals surface area contributed by atoms with Crippen molar-refractivity contribution in [3.05, 3.63) is 0 Å². The van der Waals surface area contributed by atoms with E-state index in [2.05, 4.69) is 0 Å². The number of carbonyl (C=O) groups is 2. The third-order valence-corrected chi connectivity index (χ3v) is 2.28. The Morgan fingerprint density at radius 3 is 2.46 bits per heavy atom. The van der Waals surface area contributed by atoms with E-state index in [1.165, 1.54) is 11.8 Å². The normalized spacial score (nSPS) is 9.69. The molecule has 0 aromatic carbocycles. The van der Waals surface area contributed by atoms with Crippen LogP contribution < -0.4 is 0 Å². The quantitative estimate of drug-likeness (QED) is 0.591. The van der Waals surface area contributed by atoms with E-state index in [1.54, 1.807) is 6.92 Å². The zero-order valence-corrected chi connectivity index (χ0v) is 8.99. The summed E-state index contributed by atoms with van der Waals surface area (Å²) in [6.07, 6.45) is 1.48. The standard InChI is InChI=1S/C9H16O3S/c1-3-5-8(10)6-13-7-9(11)12-4-2/h3-7H2,1-2H3. The fraction of sp³-hybridized carbons (Fsp3) is 0.778. The lowest BCUT2D eigenvalue weighted by Crippen LogP contribution is -2.09. The maximum Gasteiger partial charge on any atom is 0.315 e. The Morgan fingerprint density at radius 1 is 1.23 bits per heavy atom. The summed E-state index contributed by atoms with van der Waals surface area (Å²) in [5.74, 6) is 0.671. The molecule has 0 aliphatic heterocycles. The molecule has 0 saturated carbocycles. The van der Waals surface area contributed by atoms with Crippen LogP contribution in [0.4, 0.5) is 0 Å². The monoisotopic (exact) mass is 204 g/mol. The van der Waals surface area contributed by atoms with Crippen LogP contribution in [-0.4, -0.2) is 29.9 Å². The molecule has 0 bridgehead atoms. The first kappa shape index (κ1) is 12.5. The smallest absolute Gasteiger partial charge is 0.315 e. The van der Waals surface area contributed by atoms with E-state index in [-0.39, 0.29) is 17.5 Å². The van der Waals surface area contributed by atoms with E-state index in [4.69, 9.17) is 4.74 Å². The third-order valence-electron chi connectivity index (χ3n) is 1.32. The van der Waals surface area contributed by atoms with Crippen LogP contribution in [-0.2, 0) is 14.3 Å². The van der Waals surface area contributed by atoms with Crippen molar-refractivity contribution in [2.24, 2.45) is 0 Å². The van der Waals surface area contributed by atoms with E-state index in [0.717, 1.165) is 6.42 Å². The second-order valence-corrected chi connectivity index (χ2v) is 3.57. The molecule has 0 aromatic heterocycles. The van der Waals surface area contributed by atoms with Crippen molar-refractivity contribution >= 4 is 23.5 Å². The van der Waals surface area contributed by atoms with Crippen LogP contribution in [0.15, 0.2) is 0 Å². The summed E-state index contributed by atoms with van der Waals surface area (Å²) in [7, 11) is 0. The number of Topliss-reactive ketones (excluding diaryl/α,β-unsaturated/α-hetero) is 1. The Hall–Kier alpha value is -0.510. The summed E-state index contributed by atoms with van der Waals surface area (Å²) < 4.78 is 4.71. The van der Waals surface area contributed by atoms with Gasteiger partial charge in [-0.3, -0.25) is 9.59 Å². The molecule has 0 aromatic rings. The topological polar surface area (TPSA) is 43.4 Å². The number of hydrogen-bond donors (Lipinski definition) is 0. The molecule has 0 N–H and O–H groups in total. The van der Waals surface area contributed by atoms with Crippen LogP contribution in [0.1, 0.15) is 26.7 Å². The lowest BCUT2D eigenvalue weighted by molar-refractivity contribution is -0.139. The maximum absolute atomic E-state index is 11.0. The first-order valence-corrected chi connectivity index (χ1v) is 5.61. The van der Waals surface area contributed by atoms with Gasteiger partial charge in [0.2, 0.25) is 0 Å². The predicted molar refractivity (Wildman–Crippen MR) is 53.9 cm³/mol. The first-order chi connectivity index (χ1) is 6.20. The molecule has 0 spiro atoms. The Morgan fingerprint density at radius 2 is 1.92 bits per heavy atom. The van der Waals surface area contributed by atoms with Crippen LogP contribution >= 0.6 is 11.8 Å². The molecule has 0 unspecified atom stereocenters. The third kappa shape index (κ3) is 7.84. The lowest BCUT2D eigenvalue weighted by atomic mass is 10.3. The fourth-order valence-corrected chi connectivity index (χ4v) is 1.53. The van der Waals surface area contributed by atoms with E-state index >= 15 is 0 Å². The highest BCUT2D eigenvalue weighted by molar-refractivity contribution is 8.00. The second-order valence-electron chi connectivity index (χ2n) is 2.59. The molecule has 0 radical (unpaired) electrons. The second kappa shape index (κ2) is 8.10. The van der Waals surface area contributed by atoms with Crippen molar-refractivity contribution < 1.29 is 14.3 Å². The van der Waals surface area contributed by atoms with Gasteiger partial charge in [-0.05, 0) is 13.3 Å². The number of esters is 1. The molecule has 4 heteroatoms. The molecular formula is C9H16O3S. The number of hydrogen-bond acceptors (Lipinski definition) is 4. The van der Waals surface area contributed by atoms with E-state index in [1.807, 2.05) is 6.92 Å². The molecule has 0 aliphatic carbocycles.